The third kappa shape index (κ3) is 4.11. The van der Waals surface area contributed by atoms with E-state index in [1.54, 1.807) is 0 Å². The maximum Gasteiger partial charge on any atom is 0.0759 e. The van der Waals surface area contributed by atoms with Crippen molar-refractivity contribution in [3.05, 3.63) is 29.0 Å². The second-order valence-electron chi connectivity index (χ2n) is 4.51. The lowest BCUT2D eigenvalue weighted by Crippen LogP contribution is -2.24. The molecule has 0 fully saturated rings. The normalized spacial score (nSPS) is 13.1. The second-order valence-corrected chi connectivity index (χ2v) is 4.91. The van der Waals surface area contributed by atoms with Gasteiger partial charge in [-0.15, -0.1) is 0 Å². The van der Waals surface area contributed by atoms with E-state index in [9.17, 15) is 0 Å². The lowest BCUT2D eigenvalue weighted by molar-refractivity contribution is 0.423. The van der Waals surface area contributed by atoms with Crippen molar-refractivity contribution in [1.82, 2.24) is 10.3 Å². The van der Waals surface area contributed by atoms with Crippen LogP contribution in [0.5, 0.6) is 0 Å². The van der Waals surface area contributed by atoms with Crippen molar-refractivity contribution in [3.63, 3.8) is 0 Å². The molecule has 1 unspecified atom stereocenters. The summed E-state index contributed by atoms with van der Waals surface area (Å²) in [6.45, 7) is 7.61. The minimum atomic E-state index is 0.272. The third-order valence-electron chi connectivity index (χ3n) is 2.46. The standard InChI is InChI=1S/C13H21ClN2/c1-4-7-15-12(9-10(2)3)13-11(14)6-5-8-16-13/h5-6,8,10,12,15H,4,7,9H2,1-3H3. The van der Waals surface area contributed by atoms with Gasteiger partial charge in [0.1, 0.15) is 0 Å². The van der Waals surface area contributed by atoms with E-state index >= 15 is 0 Å². The number of nitrogens with zero attached hydrogens (tertiary/aromatic N) is 1. The van der Waals surface area contributed by atoms with Crippen LogP contribution in [0.3, 0.4) is 0 Å². The van der Waals surface area contributed by atoms with Crippen LogP contribution in [0, 0.1) is 5.92 Å². The van der Waals surface area contributed by atoms with Crippen LogP contribution in [0.15, 0.2) is 18.3 Å². The number of nitrogens with one attached hydrogen (secondary N) is 1. The van der Waals surface area contributed by atoms with Gasteiger partial charge in [-0.2, -0.15) is 0 Å². The Labute approximate surface area is 103 Å². The van der Waals surface area contributed by atoms with Gasteiger partial charge in [-0.05, 0) is 37.4 Å². The number of aromatic nitrogens is 1. The van der Waals surface area contributed by atoms with Gasteiger partial charge in [-0.1, -0.05) is 32.4 Å². The van der Waals surface area contributed by atoms with Crippen molar-refractivity contribution >= 4 is 11.6 Å². The zero-order valence-electron chi connectivity index (χ0n) is 10.3. The van der Waals surface area contributed by atoms with Gasteiger partial charge in [0.2, 0.25) is 0 Å². The Kier molecular flexibility index (Phi) is 5.78. The molecule has 1 rings (SSSR count). The molecule has 0 aliphatic heterocycles. The Balaban J connectivity index is 2.78. The number of hydrogen-bond donors (Lipinski definition) is 1. The van der Waals surface area contributed by atoms with Gasteiger partial charge in [0.15, 0.2) is 0 Å². The molecule has 1 N–H and O–H groups in total. The molecule has 3 heteroatoms. The van der Waals surface area contributed by atoms with E-state index in [4.69, 9.17) is 11.6 Å². The third-order valence-corrected chi connectivity index (χ3v) is 2.78. The van der Waals surface area contributed by atoms with E-state index in [1.807, 2.05) is 18.3 Å². The molecule has 0 spiro atoms. The smallest absolute Gasteiger partial charge is 0.0759 e. The van der Waals surface area contributed by atoms with Gasteiger partial charge in [-0.3, -0.25) is 4.98 Å². The molecule has 0 saturated carbocycles. The van der Waals surface area contributed by atoms with Crippen molar-refractivity contribution in [1.29, 1.82) is 0 Å². The summed E-state index contributed by atoms with van der Waals surface area (Å²) in [6, 6.07) is 4.05. The van der Waals surface area contributed by atoms with E-state index in [0.29, 0.717) is 5.92 Å². The Bertz CT molecular complexity index is 313. The quantitative estimate of drug-likeness (QED) is 0.818. The van der Waals surface area contributed by atoms with Crippen molar-refractivity contribution < 1.29 is 0 Å². The highest BCUT2D eigenvalue weighted by atomic mass is 35.5. The van der Waals surface area contributed by atoms with Crippen molar-refractivity contribution in [2.75, 3.05) is 6.54 Å². The molecular weight excluding hydrogens is 220 g/mol. The number of rotatable bonds is 6. The summed E-state index contributed by atoms with van der Waals surface area (Å²) in [4.78, 5) is 4.39. The zero-order valence-corrected chi connectivity index (χ0v) is 11.1. The first-order chi connectivity index (χ1) is 7.65. The van der Waals surface area contributed by atoms with Crippen LogP contribution in [0.4, 0.5) is 0 Å². The fraction of sp³-hybridized carbons (Fsp3) is 0.615. The highest BCUT2D eigenvalue weighted by Crippen LogP contribution is 2.25. The molecule has 16 heavy (non-hydrogen) atoms. The lowest BCUT2D eigenvalue weighted by Gasteiger charge is -2.20. The highest BCUT2D eigenvalue weighted by molar-refractivity contribution is 6.31. The average Bonchev–Trinajstić information content (AvgIpc) is 2.24. The summed E-state index contributed by atoms with van der Waals surface area (Å²) in [5.74, 6) is 0.632. The van der Waals surface area contributed by atoms with Crippen LogP contribution in [-0.2, 0) is 0 Å². The zero-order chi connectivity index (χ0) is 12.0. The second kappa shape index (κ2) is 6.87. The molecule has 0 bridgehead atoms. The van der Waals surface area contributed by atoms with Gasteiger partial charge < -0.3 is 5.32 Å². The van der Waals surface area contributed by atoms with Crippen LogP contribution in [0.2, 0.25) is 5.02 Å². The highest BCUT2D eigenvalue weighted by Gasteiger charge is 2.16. The van der Waals surface area contributed by atoms with Crippen LogP contribution < -0.4 is 5.32 Å². The van der Waals surface area contributed by atoms with Gasteiger partial charge in [0.05, 0.1) is 16.8 Å². The van der Waals surface area contributed by atoms with Gasteiger partial charge in [0.25, 0.3) is 0 Å². The molecule has 1 aromatic rings. The Morgan fingerprint density at radius 3 is 2.75 bits per heavy atom. The molecule has 0 radical (unpaired) electrons. The van der Waals surface area contributed by atoms with Crippen molar-refractivity contribution in [2.45, 2.75) is 39.7 Å². The molecule has 1 aromatic heterocycles. The van der Waals surface area contributed by atoms with E-state index in [-0.39, 0.29) is 6.04 Å². The molecular formula is C13H21ClN2. The monoisotopic (exact) mass is 240 g/mol. The van der Waals surface area contributed by atoms with E-state index < -0.39 is 0 Å². The summed E-state index contributed by atoms with van der Waals surface area (Å²) >= 11 is 6.18. The SMILES string of the molecule is CCCNC(CC(C)C)c1ncccc1Cl. The molecule has 90 valence electrons. The number of hydrogen-bond acceptors (Lipinski definition) is 2. The van der Waals surface area contributed by atoms with E-state index in [2.05, 4.69) is 31.1 Å². The molecule has 1 atom stereocenters. The minimum Gasteiger partial charge on any atom is -0.309 e. The summed E-state index contributed by atoms with van der Waals surface area (Å²) < 4.78 is 0. The number of pyridine rings is 1. The van der Waals surface area contributed by atoms with Crippen LogP contribution in [0.25, 0.3) is 0 Å². The van der Waals surface area contributed by atoms with E-state index in [0.717, 1.165) is 30.1 Å². The van der Waals surface area contributed by atoms with Crippen molar-refractivity contribution in [3.8, 4) is 0 Å². The summed E-state index contributed by atoms with van der Waals surface area (Å²) in [6.07, 6.45) is 4.00. The Morgan fingerprint density at radius 2 is 2.19 bits per heavy atom. The first-order valence-electron chi connectivity index (χ1n) is 5.99. The largest absolute Gasteiger partial charge is 0.309 e. The summed E-state index contributed by atoms with van der Waals surface area (Å²) in [5.41, 5.74) is 0.978. The fourth-order valence-corrected chi connectivity index (χ4v) is 1.99. The predicted molar refractivity (Wildman–Crippen MR) is 69.7 cm³/mol. The number of halogens is 1. The van der Waals surface area contributed by atoms with E-state index in [1.165, 1.54) is 0 Å². The van der Waals surface area contributed by atoms with Gasteiger partial charge in [0, 0.05) is 6.20 Å². The van der Waals surface area contributed by atoms with Gasteiger partial charge in [-0.25, -0.2) is 0 Å². The van der Waals surface area contributed by atoms with Gasteiger partial charge >= 0.3 is 0 Å². The molecule has 0 aromatic carbocycles. The van der Waals surface area contributed by atoms with Crippen LogP contribution in [0.1, 0.15) is 45.3 Å². The Hall–Kier alpha value is -0.600. The molecule has 0 saturated heterocycles. The topological polar surface area (TPSA) is 24.9 Å². The van der Waals surface area contributed by atoms with Crippen LogP contribution in [-0.4, -0.2) is 11.5 Å². The minimum absolute atomic E-state index is 0.272. The van der Waals surface area contributed by atoms with Crippen molar-refractivity contribution in [2.24, 2.45) is 5.92 Å². The fourth-order valence-electron chi connectivity index (χ4n) is 1.74. The molecule has 0 aliphatic rings. The average molecular weight is 241 g/mol. The molecule has 0 amide bonds. The maximum absolute atomic E-state index is 6.18. The summed E-state index contributed by atoms with van der Waals surface area (Å²) in [5, 5.41) is 4.27. The predicted octanol–water partition coefficient (Wildman–Crippen LogP) is 3.82. The molecule has 2 nitrogen and oxygen atoms in total. The first kappa shape index (κ1) is 13.5. The lowest BCUT2D eigenvalue weighted by atomic mass is 10.0. The summed E-state index contributed by atoms with van der Waals surface area (Å²) in [7, 11) is 0. The Morgan fingerprint density at radius 1 is 1.44 bits per heavy atom. The van der Waals surface area contributed by atoms with Crippen LogP contribution >= 0.6 is 11.6 Å². The maximum atomic E-state index is 6.18. The first-order valence-corrected chi connectivity index (χ1v) is 6.36. The molecule has 1 heterocycles. The molecule has 0 aliphatic carbocycles.